The zero-order valence-corrected chi connectivity index (χ0v) is 10.4. The fraction of sp³-hybridized carbons (Fsp3) is 0.308. The van der Waals surface area contributed by atoms with Gasteiger partial charge in [-0.1, -0.05) is 19.1 Å². The van der Waals surface area contributed by atoms with Crippen LogP contribution in [0.1, 0.15) is 25.8 Å². The molecule has 0 aliphatic rings. The Bertz CT molecular complexity index is 480. The molecule has 5 heteroatoms. The summed E-state index contributed by atoms with van der Waals surface area (Å²) >= 11 is 0. The largest absolute Gasteiger partial charge is 0.463 e. The smallest absolute Gasteiger partial charge is 0.331 e. The lowest BCUT2D eigenvalue weighted by molar-refractivity contribution is -0.384. The Kier molecular flexibility index (Phi) is 5.05. The SMILES string of the molecule is CCOC(=O)C=C(CC)c1cccc([N+](=O)[O-])c1. The van der Waals surface area contributed by atoms with Crippen LogP contribution in [0.3, 0.4) is 0 Å². The minimum absolute atomic E-state index is 0.00992. The van der Waals surface area contributed by atoms with Crippen LogP contribution in [0.25, 0.3) is 5.57 Å². The highest BCUT2D eigenvalue weighted by atomic mass is 16.6. The topological polar surface area (TPSA) is 69.4 Å². The van der Waals surface area contributed by atoms with Crippen LogP contribution in [0.4, 0.5) is 5.69 Å². The van der Waals surface area contributed by atoms with Gasteiger partial charge in [-0.05, 0) is 24.5 Å². The summed E-state index contributed by atoms with van der Waals surface area (Å²) in [5, 5.41) is 10.7. The Morgan fingerprint density at radius 3 is 2.72 bits per heavy atom. The molecule has 1 rings (SSSR count). The number of nitro benzene ring substituents is 1. The number of hydrogen-bond acceptors (Lipinski definition) is 4. The van der Waals surface area contributed by atoms with E-state index in [4.69, 9.17) is 4.74 Å². The average Bonchev–Trinajstić information content (AvgIpc) is 2.36. The van der Waals surface area contributed by atoms with Crippen molar-refractivity contribution in [3.63, 3.8) is 0 Å². The number of hydrogen-bond donors (Lipinski definition) is 0. The lowest BCUT2D eigenvalue weighted by atomic mass is 10.0. The first kappa shape index (κ1) is 13.9. The maximum absolute atomic E-state index is 11.4. The quantitative estimate of drug-likeness (QED) is 0.348. The summed E-state index contributed by atoms with van der Waals surface area (Å²) in [6.45, 7) is 3.91. The van der Waals surface area contributed by atoms with Crippen LogP contribution in [-0.2, 0) is 9.53 Å². The Morgan fingerprint density at radius 2 is 2.17 bits per heavy atom. The van der Waals surface area contributed by atoms with Gasteiger partial charge in [0, 0.05) is 18.2 Å². The van der Waals surface area contributed by atoms with Crippen molar-refractivity contribution in [1.82, 2.24) is 0 Å². The first-order valence-corrected chi connectivity index (χ1v) is 5.70. The zero-order valence-electron chi connectivity index (χ0n) is 10.4. The van der Waals surface area contributed by atoms with E-state index in [1.807, 2.05) is 6.92 Å². The normalized spacial score (nSPS) is 11.1. The minimum Gasteiger partial charge on any atom is -0.463 e. The van der Waals surface area contributed by atoms with Crippen LogP contribution >= 0.6 is 0 Å². The molecule has 0 spiro atoms. The third kappa shape index (κ3) is 3.69. The number of nitro groups is 1. The molecule has 0 aliphatic carbocycles. The molecule has 96 valence electrons. The second kappa shape index (κ2) is 6.54. The maximum Gasteiger partial charge on any atom is 0.331 e. The van der Waals surface area contributed by atoms with E-state index in [1.165, 1.54) is 18.2 Å². The molecule has 0 aromatic heterocycles. The van der Waals surface area contributed by atoms with Crippen LogP contribution in [0.2, 0.25) is 0 Å². The number of carbonyl (C=O) groups is 1. The van der Waals surface area contributed by atoms with E-state index in [-0.39, 0.29) is 5.69 Å². The first-order chi connectivity index (χ1) is 8.58. The number of rotatable bonds is 5. The lowest BCUT2D eigenvalue weighted by Crippen LogP contribution is -2.01. The summed E-state index contributed by atoms with van der Waals surface area (Å²) in [5.74, 6) is -0.430. The van der Waals surface area contributed by atoms with Gasteiger partial charge in [-0.25, -0.2) is 4.79 Å². The minimum atomic E-state index is -0.457. The summed E-state index contributed by atoms with van der Waals surface area (Å²) in [4.78, 5) is 21.6. The summed E-state index contributed by atoms with van der Waals surface area (Å²) in [5.41, 5.74) is 1.40. The molecule has 0 heterocycles. The second-order valence-corrected chi connectivity index (χ2v) is 3.58. The zero-order chi connectivity index (χ0) is 13.5. The summed E-state index contributed by atoms with van der Waals surface area (Å²) in [7, 11) is 0. The molecule has 0 fully saturated rings. The summed E-state index contributed by atoms with van der Waals surface area (Å²) < 4.78 is 4.82. The molecule has 0 aliphatic heterocycles. The number of nitrogens with zero attached hydrogens (tertiary/aromatic N) is 1. The van der Waals surface area contributed by atoms with Crippen LogP contribution in [0, 0.1) is 10.1 Å². The lowest BCUT2D eigenvalue weighted by Gasteiger charge is -2.05. The standard InChI is InChI=1S/C13H15NO4/c1-3-10(9-13(15)18-4-2)11-6-5-7-12(8-11)14(16)17/h5-9H,3-4H2,1-2H3. The highest BCUT2D eigenvalue weighted by Crippen LogP contribution is 2.22. The fourth-order valence-corrected chi connectivity index (χ4v) is 1.53. The third-order valence-corrected chi connectivity index (χ3v) is 2.39. The molecule has 1 aromatic rings. The molecular formula is C13H15NO4. The predicted octanol–water partition coefficient (Wildman–Crippen LogP) is 2.95. The van der Waals surface area contributed by atoms with Crippen molar-refractivity contribution in [2.24, 2.45) is 0 Å². The van der Waals surface area contributed by atoms with Gasteiger partial charge in [-0.2, -0.15) is 0 Å². The summed E-state index contributed by atoms with van der Waals surface area (Å²) in [6, 6.07) is 6.21. The van der Waals surface area contributed by atoms with Crippen molar-refractivity contribution in [3.05, 3.63) is 46.0 Å². The molecule has 18 heavy (non-hydrogen) atoms. The molecular weight excluding hydrogens is 234 g/mol. The Balaban J connectivity index is 3.05. The van der Waals surface area contributed by atoms with Crippen molar-refractivity contribution in [2.75, 3.05) is 6.61 Å². The van der Waals surface area contributed by atoms with E-state index >= 15 is 0 Å². The van der Waals surface area contributed by atoms with Gasteiger partial charge in [0.25, 0.3) is 5.69 Å². The third-order valence-electron chi connectivity index (χ3n) is 2.39. The van der Waals surface area contributed by atoms with Gasteiger partial charge < -0.3 is 4.74 Å². The Labute approximate surface area is 105 Å². The van der Waals surface area contributed by atoms with Crippen molar-refractivity contribution in [3.8, 4) is 0 Å². The molecule has 0 amide bonds. The molecule has 0 bridgehead atoms. The van der Waals surface area contributed by atoms with Crippen LogP contribution in [0.5, 0.6) is 0 Å². The van der Waals surface area contributed by atoms with Gasteiger partial charge in [-0.15, -0.1) is 0 Å². The number of benzene rings is 1. The molecule has 1 aromatic carbocycles. The average molecular weight is 249 g/mol. The van der Waals surface area contributed by atoms with Crippen molar-refractivity contribution >= 4 is 17.2 Å². The van der Waals surface area contributed by atoms with E-state index in [9.17, 15) is 14.9 Å². The van der Waals surface area contributed by atoms with Gasteiger partial charge in [0.05, 0.1) is 11.5 Å². The van der Waals surface area contributed by atoms with Crippen molar-refractivity contribution < 1.29 is 14.5 Å². The van der Waals surface area contributed by atoms with E-state index in [0.717, 1.165) is 5.57 Å². The monoisotopic (exact) mass is 249 g/mol. The molecule has 0 atom stereocenters. The van der Waals surface area contributed by atoms with Gasteiger partial charge in [0.1, 0.15) is 0 Å². The predicted molar refractivity (Wildman–Crippen MR) is 68.0 cm³/mol. The Morgan fingerprint density at radius 1 is 1.44 bits per heavy atom. The van der Waals surface area contributed by atoms with Crippen molar-refractivity contribution in [2.45, 2.75) is 20.3 Å². The first-order valence-electron chi connectivity index (χ1n) is 5.70. The van der Waals surface area contributed by atoms with E-state index in [1.54, 1.807) is 19.1 Å². The summed E-state index contributed by atoms with van der Waals surface area (Å²) in [6.07, 6.45) is 1.97. The van der Waals surface area contributed by atoms with E-state index in [2.05, 4.69) is 0 Å². The molecule has 0 saturated carbocycles. The van der Waals surface area contributed by atoms with Gasteiger partial charge in [-0.3, -0.25) is 10.1 Å². The van der Waals surface area contributed by atoms with Gasteiger partial charge in [0.2, 0.25) is 0 Å². The highest BCUT2D eigenvalue weighted by Gasteiger charge is 2.09. The van der Waals surface area contributed by atoms with Gasteiger partial charge >= 0.3 is 5.97 Å². The molecule has 0 N–H and O–H groups in total. The molecule has 0 radical (unpaired) electrons. The van der Waals surface area contributed by atoms with Crippen LogP contribution in [-0.4, -0.2) is 17.5 Å². The molecule has 5 nitrogen and oxygen atoms in total. The highest BCUT2D eigenvalue weighted by molar-refractivity contribution is 5.91. The molecule has 0 saturated heterocycles. The molecule has 0 unspecified atom stereocenters. The van der Waals surface area contributed by atoms with E-state index < -0.39 is 10.9 Å². The number of carbonyl (C=O) groups excluding carboxylic acids is 1. The Hall–Kier alpha value is -2.17. The van der Waals surface area contributed by atoms with E-state index in [0.29, 0.717) is 18.6 Å². The second-order valence-electron chi connectivity index (χ2n) is 3.58. The van der Waals surface area contributed by atoms with Crippen LogP contribution < -0.4 is 0 Å². The maximum atomic E-state index is 11.4. The number of allylic oxidation sites excluding steroid dienone is 1. The number of ether oxygens (including phenoxy) is 1. The van der Waals surface area contributed by atoms with Gasteiger partial charge in [0.15, 0.2) is 0 Å². The van der Waals surface area contributed by atoms with Crippen molar-refractivity contribution in [1.29, 1.82) is 0 Å². The fourth-order valence-electron chi connectivity index (χ4n) is 1.53. The van der Waals surface area contributed by atoms with Crippen LogP contribution in [0.15, 0.2) is 30.3 Å². The number of esters is 1. The number of non-ortho nitro benzene ring substituents is 1.